The average molecular weight is 250 g/mol. The van der Waals surface area contributed by atoms with Crippen LogP contribution < -0.4 is 5.32 Å². The predicted molar refractivity (Wildman–Crippen MR) is 70.3 cm³/mol. The van der Waals surface area contributed by atoms with Crippen LogP contribution in [0.4, 0.5) is 10.5 Å². The van der Waals surface area contributed by atoms with E-state index in [4.69, 9.17) is 9.94 Å². The first-order valence-electron chi connectivity index (χ1n) is 5.61. The van der Waals surface area contributed by atoms with E-state index in [-0.39, 0.29) is 0 Å². The van der Waals surface area contributed by atoms with Crippen LogP contribution in [0.15, 0.2) is 29.4 Å². The molecule has 0 saturated carbocycles. The van der Waals surface area contributed by atoms with Gasteiger partial charge in [-0.25, -0.2) is 4.79 Å². The van der Waals surface area contributed by atoms with Gasteiger partial charge in [0.05, 0.1) is 11.4 Å². The lowest BCUT2D eigenvalue weighted by atomic mass is 10.1. The molecule has 2 N–H and O–H groups in total. The van der Waals surface area contributed by atoms with Crippen LogP contribution in [0.2, 0.25) is 0 Å². The van der Waals surface area contributed by atoms with Crippen molar-refractivity contribution in [2.45, 2.75) is 33.3 Å². The third-order valence-corrected chi connectivity index (χ3v) is 2.10. The summed E-state index contributed by atoms with van der Waals surface area (Å²) in [6, 6.07) is 7.04. The summed E-state index contributed by atoms with van der Waals surface area (Å²) in [6.45, 7) is 7.02. The number of rotatable bonds is 2. The van der Waals surface area contributed by atoms with Crippen molar-refractivity contribution in [2.75, 3.05) is 5.32 Å². The molecule has 1 aromatic carbocycles. The molecule has 0 aromatic heterocycles. The quantitative estimate of drug-likeness (QED) is 0.481. The highest BCUT2D eigenvalue weighted by Crippen LogP contribution is 2.17. The summed E-state index contributed by atoms with van der Waals surface area (Å²) in [4.78, 5) is 11.7. The maximum absolute atomic E-state index is 11.7. The van der Waals surface area contributed by atoms with Crippen molar-refractivity contribution < 1.29 is 14.7 Å². The van der Waals surface area contributed by atoms with Crippen molar-refractivity contribution in [2.24, 2.45) is 5.16 Å². The van der Waals surface area contributed by atoms with Gasteiger partial charge in [0, 0.05) is 5.56 Å². The number of para-hydroxylation sites is 1. The van der Waals surface area contributed by atoms with Gasteiger partial charge in [0.1, 0.15) is 5.60 Å². The number of anilines is 1. The molecule has 0 aliphatic heterocycles. The Kier molecular flexibility index (Phi) is 4.31. The van der Waals surface area contributed by atoms with Gasteiger partial charge in [-0.2, -0.15) is 0 Å². The highest BCUT2D eigenvalue weighted by molar-refractivity contribution is 6.05. The number of nitrogens with one attached hydrogen (secondary N) is 1. The van der Waals surface area contributed by atoms with E-state index < -0.39 is 11.7 Å². The maximum Gasteiger partial charge on any atom is 0.412 e. The predicted octanol–water partition coefficient (Wildman–Crippen LogP) is 3.23. The number of amides is 1. The molecule has 0 spiro atoms. The normalized spacial score (nSPS) is 12.1. The third kappa shape index (κ3) is 4.08. The Morgan fingerprint density at radius 1 is 1.33 bits per heavy atom. The van der Waals surface area contributed by atoms with Gasteiger partial charge in [-0.3, -0.25) is 5.32 Å². The Labute approximate surface area is 106 Å². The minimum absolute atomic E-state index is 0.418. The second kappa shape index (κ2) is 5.53. The van der Waals surface area contributed by atoms with E-state index in [1.165, 1.54) is 0 Å². The summed E-state index contributed by atoms with van der Waals surface area (Å²) < 4.78 is 5.16. The first-order valence-corrected chi connectivity index (χ1v) is 5.61. The van der Waals surface area contributed by atoms with Crippen LogP contribution >= 0.6 is 0 Å². The van der Waals surface area contributed by atoms with Gasteiger partial charge in [0.25, 0.3) is 0 Å². The molecule has 18 heavy (non-hydrogen) atoms. The first-order chi connectivity index (χ1) is 8.33. The molecule has 0 saturated heterocycles. The van der Waals surface area contributed by atoms with E-state index in [1.54, 1.807) is 52.0 Å². The van der Waals surface area contributed by atoms with Gasteiger partial charge in [0.15, 0.2) is 0 Å². The van der Waals surface area contributed by atoms with Gasteiger partial charge in [0.2, 0.25) is 0 Å². The van der Waals surface area contributed by atoms with Crippen molar-refractivity contribution in [3.63, 3.8) is 0 Å². The van der Waals surface area contributed by atoms with E-state index in [0.29, 0.717) is 17.0 Å². The minimum atomic E-state index is -0.556. The monoisotopic (exact) mass is 250 g/mol. The summed E-state index contributed by atoms with van der Waals surface area (Å²) >= 11 is 0. The van der Waals surface area contributed by atoms with E-state index >= 15 is 0 Å². The Morgan fingerprint density at radius 2 is 1.94 bits per heavy atom. The molecule has 0 atom stereocenters. The summed E-state index contributed by atoms with van der Waals surface area (Å²) in [7, 11) is 0. The van der Waals surface area contributed by atoms with Crippen LogP contribution in [0.5, 0.6) is 0 Å². The molecule has 1 amide bonds. The molecular weight excluding hydrogens is 232 g/mol. The van der Waals surface area contributed by atoms with Gasteiger partial charge in [-0.1, -0.05) is 23.4 Å². The second-order valence-corrected chi connectivity index (χ2v) is 4.86. The zero-order valence-electron chi connectivity index (χ0n) is 11.0. The molecule has 98 valence electrons. The average Bonchev–Trinajstić information content (AvgIpc) is 2.26. The molecule has 5 nitrogen and oxygen atoms in total. The number of hydrogen-bond donors (Lipinski definition) is 2. The number of ether oxygens (including phenoxy) is 1. The van der Waals surface area contributed by atoms with E-state index in [1.807, 2.05) is 0 Å². The maximum atomic E-state index is 11.7. The fourth-order valence-electron chi connectivity index (χ4n) is 1.38. The number of nitrogens with zero attached hydrogens (tertiary/aromatic N) is 1. The van der Waals surface area contributed by atoms with Gasteiger partial charge >= 0.3 is 6.09 Å². The van der Waals surface area contributed by atoms with Crippen LogP contribution in [-0.4, -0.2) is 22.6 Å². The lowest BCUT2D eigenvalue weighted by Crippen LogP contribution is -2.27. The Bertz CT molecular complexity index is 462. The molecule has 1 aromatic rings. The number of benzene rings is 1. The van der Waals surface area contributed by atoms with Crippen LogP contribution in [0.25, 0.3) is 0 Å². The molecule has 0 radical (unpaired) electrons. The second-order valence-electron chi connectivity index (χ2n) is 4.86. The topological polar surface area (TPSA) is 70.9 Å². The lowest BCUT2D eigenvalue weighted by molar-refractivity contribution is 0.0636. The molecule has 0 bridgehead atoms. The fraction of sp³-hybridized carbons (Fsp3) is 0.385. The van der Waals surface area contributed by atoms with Crippen LogP contribution in [0, 0.1) is 0 Å². The van der Waals surface area contributed by atoms with Crippen molar-refractivity contribution in [1.29, 1.82) is 0 Å². The standard InChI is InChI=1S/C13H18N2O3/c1-9(15-17)10-7-5-6-8-11(10)14-12(16)18-13(2,3)4/h5-8,17H,1-4H3,(H,14,16). The van der Waals surface area contributed by atoms with Crippen molar-refractivity contribution in [1.82, 2.24) is 0 Å². The number of hydrogen-bond acceptors (Lipinski definition) is 4. The first kappa shape index (κ1) is 14.0. The molecular formula is C13H18N2O3. The lowest BCUT2D eigenvalue weighted by Gasteiger charge is -2.20. The largest absolute Gasteiger partial charge is 0.444 e. The van der Waals surface area contributed by atoms with Crippen molar-refractivity contribution in [3.05, 3.63) is 29.8 Å². The highest BCUT2D eigenvalue weighted by Gasteiger charge is 2.17. The zero-order valence-corrected chi connectivity index (χ0v) is 11.0. The van der Waals surface area contributed by atoms with Crippen molar-refractivity contribution >= 4 is 17.5 Å². The summed E-state index contributed by atoms with van der Waals surface area (Å²) in [5.41, 5.74) is 1.05. The minimum Gasteiger partial charge on any atom is -0.444 e. The Hall–Kier alpha value is -2.04. The van der Waals surface area contributed by atoms with Gasteiger partial charge in [-0.05, 0) is 33.8 Å². The van der Waals surface area contributed by atoms with E-state index in [9.17, 15) is 4.79 Å². The fourth-order valence-corrected chi connectivity index (χ4v) is 1.38. The van der Waals surface area contributed by atoms with E-state index in [0.717, 1.165) is 0 Å². The third-order valence-electron chi connectivity index (χ3n) is 2.10. The molecule has 0 heterocycles. The van der Waals surface area contributed by atoms with Crippen LogP contribution in [0.1, 0.15) is 33.3 Å². The zero-order chi connectivity index (χ0) is 13.8. The smallest absolute Gasteiger partial charge is 0.412 e. The van der Waals surface area contributed by atoms with Gasteiger partial charge in [-0.15, -0.1) is 0 Å². The SMILES string of the molecule is CC(=NO)c1ccccc1NC(=O)OC(C)(C)C. The molecule has 0 aliphatic rings. The molecule has 0 aliphatic carbocycles. The number of carbonyl (C=O) groups is 1. The summed E-state index contributed by atoms with van der Waals surface area (Å²) in [5.74, 6) is 0. The molecule has 0 unspecified atom stereocenters. The van der Waals surface area contributed by atoms with E-state index in [2.05, 4.69) is 10.5 Å². The summed E-state index contributed by atoms with van der Waals surface area (Å²) in [6.07, 6.45) is -0.541. The van der Waals surface area contributed by atoms with Crippen molar-refractivity contribution in [3.8, 4) is 0 Å². The van der Waals surface area contributed by atoms with Gasteiger partial charge < -0.3 is 9.94 Å². The molecule has 0 fully saturated rings. The molecule has 5 heteroatoms. The Morgan fingerprint density at radius 3 is 2.50 bits per heavy atom. The summed E-state index contributed by atoms with van der Waals surface area (Å²) in [5, 5.41) is 14.5. The Balaban J connectivity index is 2.88. The number of oxime groups is 1. The molecule has 1 rings (SSSR count). The van der Waals surface area contributed by atoms with Crippen LogP contribution in [-0.2, 0) is 4.74 Å². The highest BCUT2D eigenvalue weighted by atomic mass is 16.6. The van der Waals surface area contributed by atoms with Crippen LogP contribution in [0.3, 0.4) is 0 Å². The number of carbonyl (C=O) groups excluding carboxylic acids is 1.